The Morgan fingerprint density at radius 2 is 1.71 bits per heavy atom. The largest absolute Gasteiger partial charge is 0.478 e. The summed E-state index contributed by atoms with van der Waals surface area (Å²) in [6.07, 6.45) is 1.86. The van der Waals surface area contributed by atoms with E-state index in [0.717, 1.165) is 16.7 Å². The Balaban J connectivity index is 1.90. The Bertz CT molecular complexity index is 1150. The van der Waals surface area contributed by atoms with Crippen molar-refractivity contribution in [3.05, 3.63) is 83.1 Å². The van der Waals surface area contributed by atoms with E-state index < -0.39 is 17.3 Å². The van der Waals surface area contributed by atoms with Crippen LogP contribution < -0.4 is 5.73 Å². The summed E-state index contributed by atoms with van der Waals surface area (Å²) in [4.78, 5) is 14.1. The van der Waals surface area contributed by atoms with Gasteiger partial charge in [0.05, 0.1) is 23.4 Å². The fourth-order valence-electron chi connectivity index (χ4n) is 4.83. The number of nitriles is 2. The SMILES string of the molecule is CN1CC=C2C(C(=O)O)=C(N)C(C#N)(C#N)[C@H](c3ccc(-c4ccccc4)cc3)[C@H]2C1. The molecule has 3 N–H and O–H groups in total. The minimum absolute atomic E-state index is 0.0987. The summed E-state index contributed by atoms with van der Waals surface area (Å²) in [5, 5.41) is 30.1. The highest BCUT2D eigenvalue weighted by Crippen LogP contribution is 2.54. The maximum Gasteiger partial charge on any atom is 0.337 e. The van der Waals surface area contributed by atoms with Crippen molar-refractivity contribution in [1.29, 1.82) is 10.5 Å². The van der Waals surface area contributed by atoms with Crippen molar-refractivity contribution < 1.29 is 9.90 Å². The highest BCUT2D eigenvalue weighted by atomic mass is 16.4. The molecule has 154 valence electrons. The third-order valence-electron chi connectivity index (χ3n) is 6.33. The predicted molar refractivity (Wildman–Crippen MR) is 116 cm³/mol. The molecule has 1 aliphatic heterocycles. The van der Waals surface area contributed by atoms with Crippen LogP contribution in [0.2, 0.25) is 0 Å². The molecule has 0 saturated heterocycles. The number of aliphatic carboxylic acids is 1. The summed E-state index contributed by atoms with van der Waals surface area (Å²) in [6.45, 7) is 1.12. The summed E-state index contributed by atoms with van der Waals surface area (Å²) in [5.74, 6) is -2.12. The molecular formula is C25H22N4O2. The van der Waals surface area contributed by atoms with Gasteiger partial charge >= 0.3 is 5.97 Å². The number of carboxylic acids is 1. The van der Waals surface area contributed by atoms with Gasteiger partial charge in [-0.15, -0.1) is 0 Å². The standard InChI is InChI=1S/C25H22N4O2/c1-29-12-11-19-20(13-29)22(25(14-26,15-27)23(28)21(19)24(30)31)18-9-7-17(8-10-18)16-5-3-2-4-6-16/h2-11,20,22H,12-13,28H2,1H3,(H,30,31)/t20-,22+/m0/s1. The van der Waals surface area contributed by atoms with Gasteiger partial charge in [0.15, 0.2) is 5.41 Å². The van der Waals surface area contributed by atoms with E-state index in [1.165, 1.54) is 0 Å². The van der Waals surface area contributed by atoms with E-state index in [4.69, 9.17) is 5.73 Å². The summed E-state index contributed by atoms with van der Waals surface area (Å²) in [7, 11) is 1.94. The minimum atomic E-state index is -1.76. The van der Waals surface area contributed by atoms with Crippen molar-refractivity contribution in [3.8, 4) is 23.3 Å². The number of allylic oxidation sites excluding steroid dienone is 1. The molecule has 2 aromatic rings. The topological polar surface area (TPSA) is 114 Å². The van der Waals surface area contributed by atoms with Crippen LogP contribution in [0.15, 0.2) is 77.5 Å². The fourth-order valence-corrected chi connectivity index (χ4v) is 4.83. The van der Waals surface area contributed by atoms with Gasteiger partial charge in [0, 0.05) is 24.9 Å². The first kappa shape index (κ1) is 20.4. The molecule has 2 atom stereocenters. The van der Waals surface area contributed by atoms with E-state index >= 15 is 0 Å². The van der Waals surface area contributed by atoms with Crippen LogP contribution in [0.3, 0.4) is 0 Å². The van der Waals surface area contributed by atoms with E-state index in [1.807, 2.05) is 67.7 Å². The number of nitrogens with zero attached hydrogens (tertiary/aromatic N) is 3. The van der Waals surface area contributed by atoms with Gasteiger partial charge in [-0.05, 0) is 29.3 Å². The smallest absolute Gasteiger partial charge is 0.337 e. The normalized spacial score (nSPS) is 22.6. The molecule has 0 fully saturated rings. The Kier molecular flexibility index (Phi) is 5.10. The van der Waals surface area contributed by atoms with Crippen molar-refractivity contribution in [2.24, 2.45) is 17.1 Å². The molecule has 6 heteroatoms. The second kappa shape index (κ2) is 7.75. The van der Waals surface area contributed by atoms with Gasteiger partial charge in [0.25, 0.3) is 0 Å². The van der Waals surface area contributed by atoms with Crippen LogP contribution in [0.1, 0.15) is 11.5 Å². The quantitative estimate of drug-likeness (QED) is 0.803. The van der Waals surface area contributed by atoms with Crippen molar-refractivity contribution in [2.75, 3.05) is 20.1 Å². The molecule has 0 bridgehead atoms. The maximum atomic E-state index is 12.1. The van der Waals surface area contributed by atoms with Gasteiger partial charge in [-0.3, -0.25) is 0 Å². The van der Waals surface area contributed by atoms with Crippen molar-refractivity contribution in [2.45, 2.75) is 5.92 Å². The molecule has 0 spiro atoms. The maximum absolute atomic E-state index is 12.1. The van der Waals surface area contributed by atoms with E-state index in [1.54, 1.807) is 0 Å². The second-order valence-corrected chi connectivity index (χ2v) is 8.08. The number of hydrogen-bond donors (Lipinski definition) is 2. The van der Waals surface area contributed by atoms with Crippen LogP contribution in [0.5, 0.6) is 0 Å². The molecule has 0 amide bonds. The van der Waals surface area contributed by atoms with Crippen LogP contribution >= 0.6 is 0 Å². The number of hydrogen-bond acceptors (Lipinski definition) is 5. The van der Waals surface area contributed by atoms with Crippen molar-refractivity contribution in [1.82, 2.24) is 4.90 Å². The second-order valence-electron chi connectivity index (χ2n) is 8.08. The zero-order chi connectivity index (χ0) is 22.2. The van der Waals surface area contributed by atoms with Gasteiger partial charge in [-0.2, -0.15) is 10.5 Å². The Labute approximate surface area is 181 Å². The molecule has 2 aromatic carbocycles. The lowest BCUT2D eigenvalue weighted by molar-refractivity contribution is -0.132. The number of benzene rings is 2. The van der Waals surface area contributed by atoms with Crippen LogP contribution in [-0.2, 0) is 4.79 Å². The zero-order valence-electron chi connectivity index (χ0n) is 17.1. The Morgan fingerprint density at radius 3 is 2.29 bits per heavy atom. The monoisotopic (exact) mass is 410 g/mol. The molecule has 0 saturated carbocycles. The molecule has 4 rings (SSSR count). The van der Waals surface area contributed by atoms with Crippen molar-refractivity contribution >= 4 is 5.97 Å². The number of carbonyl (C=O) groups is 1. The molecule has 31 heavy (non-hydrogen) atoms. The van der Waals surface area contributed by atoms with Crippen LogP contribution in [-0.4, -0.2) is 36.1 Å². The fraction of sp³-hybridized carbons (Fsp3) is 0.240. The predicted octanol–water partition coefficient (Wildman–Crippen LogP) is 3.27. The minimum Gasteiger partial charge on any atom is -0.478 e. The van der Waals surface area contributed by atoms with E-state index in [9.17, 15) is 20.4 Å². The van der Waals surface area contributed by atoms with Crippen LogP contribution in [0.4, 0.5) is 0 Å². The van der Waals surface area contributed by atoms with Gasteiger partial charge < -0.3 is 15.7 Å². The van der Waals surface area contributed by atoms with Gasteiger partial charge in [0.2, 0.25) is 0 Å². The van der Waals surface area contributed by atoms with E-state index in [-0.39, 0.29) is 17.2 Å². The van der Waals surface area contributed by atoms with Crippen LogP contribution in [0.25, 0.3) is 11.1 Å². The van der Waals surface area contributed by atoms with E-state index in [0.29, 0.717) is 18.7 Å². The number of carboxylic acid groups (broad SMARTS) is 1. The molecule has 0 aromatic heterocycles. The molecule has 1 aliphatic carbocycles. The van der Waals surface area contributed by atoms with E-state index in [2.05, 4.69) is 17.0 Å². The summed E-state index contributed by atoms with van der Waals surface area (Å²) in [6, 6.07) is 21.9. The molecule has 6 nitrogen and oxygen atoms in total. The molecular weight excluding hydrogens is 388 g/mol. The first-order valence-corrected chi connectivity index (χ1v) is 10.0. The molecule has 0 radical (unpaired) electrons. The van der Waals surface area contributed by atoms with Gasteiger partial charge in [-0.25, -0.2) is 4.79 Å². The summed E-state index contributed by atoms with van der Waals surface area (Å²) in [5.41, 5.74) is 7.73. The lowest BCUT2D eigenvalue weighted by atomic mass is 9.58. The number of nitrogens with two attached hydrogens (primary N) is 1. The van der Waals surface area contributed by atoms with Gasteiger partial charge in [0.1, 0.15) is 0 Å². The average Bonchev–Trinajstić information content (AvgIpc) is 2.79. The molecule has 1 heterocycles. The highest BCUT2D eigenvalue weighted by molar-refractivity contribution is 5.94. The zero-order valence-corrected chi connectivity index (χ0v) is 17.1. The number of likely N-dealkylation sites (N-methyl/N-ethyl adjacent to an activating group) is 1. The first-order chi connectivity index (χ1) is 14.9. The number of rotatable bonds is 3. The summed E-state index contributed by atoms with van der Waals surface area (Å²) < 4.78 is 0. The molecule has 2 aliphatic rings. The van der Waals surface area contributed by atoms with Crippen molar-refractivity contribution in [3.63, 3.8) is 0 Å². The van der Waals surface area contributed by atoms with Crippen LogP contribution in [0, 0.1) is 34.0 Å². The molecule has 0 unspecified atom stereocenters. The lowest BCUT2D eigenvalue weighted by Crippen LogP contribution is -2.48. The third-order valence-corrected chi connectivity index (χ3v) is 6.33. The summed E-state index contributed by atoms with van der Waals surface area (Å²) >= 11 is 0. The first-order valence-electron chi connectivity index (χ1n) is 10.0. The Hall–Kier alpha value is -3.87. The van der Waals surface area contributed by atoms with Gasteiger partial charge in [-0.1, -0.05) is 60.7 Å². The third kappa shape index (κ3) is 3.18. The Morgan fingerprint density at radius 1 is 1.10 bits per heavy atom. The highest BCUT2D eigenvalue weighted by Gasteiger charge is 2.55. The lowest BCUT2D eigenvalue weighted by Gasteiger charge is -2.45. The number of fused-ring (bicyclic) bond motifs is 1. The average molecular weight is 410 g/mol.